The zero-order valence-electron chi connectivity index (χ0n) is 28.4. The van der Waals surface area contributed by atoms with Crippen LogP contribution in [0.2, 0.25) is 0 Å². The Balaban J connectivity index is 1.21. The number of nitrogens with zero attached hydrogens (tertiary/aromatic N) is 2. The number of alkyl carbamates (subject to hydrolysis) is 1. The highest BCUT2D eigenvalue weighted by atomic mass is 32.2. The monoisotopic (exact) mass is 698 g/mol. The molecule has 12 heteroatoms. The van der Waals surface area contributed by atoms with Gasteiger partial charge in [0.15, 0.2) is 11.4 Å². The molecule has 1 aromatic carbocycles. The number of anilines is 1. The first kappa shape index (κ1) is 35.1. The molecule has 2 aliphatic heterocycles. The van der Waals surface area contributed by atoms with Gasteiger partial charge >= 0.3 is 6.09 Å². The van der Waals surface area contributed by atoms with Crippen molar-refractivity contribution in [2.75, 3.05) is 38.7 Å². The van der Waals surface area contributed by atoms with Gasteiger partial charge in [0, 0.05) is 41.8 Å². The first-order valence-corrected chi connectivity index (χ1v) is 19.2. The van der Waals surface area contributed by atoms with Crippen molar-refractivity contribution in [3.05, 3.63) is 54.8 Å². The average Bonchev–Trinajstić information content (AvgIpc) is 3.51. The van der Waals surface area contributed by atoms with Gasteiger partial charge in [-0.25, -0.2) is 14.1 Å². The number of ether oxygens (including phenoxy) is 4. The van der Waals surface area contributed by atoms with Crippen LogP contribution in [0.5, 0.6) is 0 Å². The fraction of sp³-hybridized carbons (Fsp3) is 0.583. The molecule has 2 saturated heterocycles. The van der Waals surface area contributed by atoms with E-state index in [4.69, 9.17) is 23.9 Å². The maximum atomic E-state index is 13.6. The summed E-state index contributed by atoms with van der Waals surface area (Å²) in [4.78, 5) is 19.5. The van der Waals surface area contributed by atoms with E-state index in [0.29, 0.717) is 38.1 Å². The SMILES string of the molecule is C=C/C=C(\C=C/OC)CC(NC(=O)O[C@H]1C2COC3OCC1C3C2)[C@H](O)CN(CC(C)C)/S(=C/C)c1ccc2nc(NC3CC3)sc2c1. The minimum Gasteiger partial charge on any atom is -0.504 e. The third-order valence-corrected chi connectivity index (χ3v) is 12.5. The van der Waals surface area contributed by atoms with Gasteiger partial charge in [-0.3, -0.25) is 0 Å². The first-order chi connectivity index (χ1) is 23.3. The van der Waals surface area contributed by atoms with E-state index in [1.807, 2.05) is 12.2 Å². The minimum absolute atomic E-state index is 0.137. The van der Waals surface area contributed by atoms with Gasteiger partial charge in [-0.15, -0.1) is 0 Å². The third-order valence-electron chi connectivity index (χ3n) is 9.47. The molecule has 262 valence electrons. The largest absolute Gasteiger partial charge is 0.504 e. The van der Waals surface area contributed by atoms with E-state index in [9.17, 15) is 9.90 Å². The number of benzene rings is 1. The summed E-state index contributed by atoms with van der Waals surface area (Å²) in [6.45, 7) is 12.5. The van der Waals surface area contributed by atoms with E-state index in [1.54, 1.807) is 30.8 Å². The predicted octanol–water partition coefficient (Wildman–Crippen LogP) is 6.32. The van der Waals surface area contributed by atoms with Crippen LogP contribution in [0.25, 0.3) is 10.2 Å². The zero-order chi connectivity index (χ0) is 33.8. The molecule has 0 spiro atoms. The lowest BCUT2D eigenvalue weighted by Gasteiger charge is -2.34. The van der Waals surface area contributed by atoms with Crippen molar-refractivity contribution in [2.45, 2.75) is 81.9 Å². The Morgan fingerprint density at radius 3 is 2.79 bits per heavy atom. The zero-order valence-corrected chi connectivity index (χ0v) is 30.0. The molecule has 2 bridgehead atoms. The highest BCUT2D eigenvalue weighted by Gasteiger charge is 2.56. The highest BCUT2D eigenvalue weighted by molar-refractivity contribution is 8.13. The molecule has 1 aromatic heterocycles. The summed E-state index contributed by atoms with van der Waals surface area (Å²) < 4.78 is 26.4. The molecule has 4 aliphatic rings. The lowest BCUT2D eigenvalue weighted by Crippen LogP contribution is -2.49. The van der Waals surface area contributed by atoms with E-state index in [-0.39, 0.29) is 30.1 Å². The van der Waals surface area contributed by atoms with Gasteiger partial charge in [0.25, 0.3) is 0 Å². The fourth-order valence-electron chi connectivity index (χ4n) is 7.11. The van der Waals surface area contributed by atoms with Crippen LogP contribution in [0.4, 0.5) is 9.93 Å². The van der Waals surface area contributed by atoms with Crippen LogP contribution >= 0.6 is 22.0 Å². The summed E-state index contributed by atoms with van der Waals surface area (Å²) in [5.41, 5.74) is 1.85. The molecule has 2 aromatic rings. The van der Waals surface area contributed by atoms with Crippen LogP contribution in [-0.4, -0.2) is 89.9 Å². The van der Waals surface area contributed by atoms with Crippen LogP contribution in [0.15, 0.2) is 59.7 Å². The van der Waals surface area contributed by atoms with E-state index < -0.39 is 28.9 Å². The smallest absolute Gasteiger partial charge is 0.407 e. The molecule has 6 rings (SSSR count). The van der Waals surface area contributed by atoms with Crippen molar-refractivity contribution in [3.63, 3.8) is 0 Å². The molecular weight excluding hydrogens is 649 g/mol. The highest BCUT2D eigenvalue weighted by Crippen LogP contribution is 2.49. The summed E-state index contributed by atoms with van der Waals surface area (Å²) in [5.74, 6) is 0.919. The maximum absolute atomic E-state index is 13.6. The topological polar surface area (TPSA) is 114 Å². The van der Waals surface area contributed by atoms with Gasteiger partial charge in [-0.05, 0) is 73.7 Å². The second-order valence-electron chi connectivity index (χ2n) is 13.6. The molecule has 0 radical (unpaired) electrons. The Hall–Kier alpha value is -2.74. The lowest BCUT2D eigenvalue weighted by molar-refractivity contribution is -0.169. The molecule has 2 aliphatic carbocycles. The molecule has 10 nitrogen and oxygen atoms in total. The summed E-state index contributed by atoms with van der Waals surface area (Å²) in [5, 5.41) is 21.7. The number of carbonyl (C=O) groups excluding carboxylic acids is 1. The van der Waals surface area contributed by atoms with E-state index in [0.717, 1.165) is 33.9 Å². The van der Waals surface area contributed by atoms with Gasteiger partial charge in [-0.2, -0.15) is 0 Å². The normalized spacial score (nSPS) is 27.1. The second kappa shape index (κ2) is 15.9. The molecular formula is C36H50N4O6S2. The molecule has 3 N–H and O–H groups in total. The van der Waals surface area contributed by atoms with Gasteiger partial charge in [0.05, 0.1) is 48.9 Å². The molecule has 4 fully saturated rings. The Bertz CT molecular complexity index is 1540. The van der Waals surface area contributed by atoms with Gasteiger partial charge < -0.3 is 34.7 Å². The van der Waals surface area contributed by atoms with Crippen molar-refractivity contribution in [1.82, 2.24) is 14.6 Å². The number of hydrogen-bond donors (Lipinski definition) is 3. The van der Waals surface area contributed by atoms with Crippen molar-refractivity contribution in [3.8, 4) is 0 Å². The van der Waals surface area contributed by atoms with Gasteiger partial charge in [0.2, 0.25) is 0 Å². The second-order valence-corrected chi connectivity index (χ2v) is 16.7. The van der Waals surface area contributed by atoms with Crippen LogP contribution in [0.3, 0.4) is 0 Å². The number of carbonyl (C=O) groups is 1. The van der Waals surface area contributed by atoms with E-state index in [1.165, 1.54) is 17.7 Å². The third kappa shape index (κ3) is 8.34. The lowest BCUT2D eigenvalue weighted by atomic mass is 9.98. The average molecular weight is 699 g/mol. The molecule has 6 unspecified atom stereocenters. The van der Waals surface area contributed by atoms with Gasteiger partial charge in [-0.1, -0.05) is 54.6 Å². The number of amides is 1. The Labute approximate surface area is 290 Å². The number of rotatable bonds is 16. The number of aliphatic hydroxyl groups is 1. The summed E-state index contributed by atoms with van der Waals surface area (Å²) in [7, 11) is 1.18. The Kier molecular flexibility index (Phi) is 11.6. The summed E-state index contributed by atoms with van der Waals surface area (Å²) in [6.07, 6.45) is 8.80. The minimum atomic E-state index is -0.901. The number of nitrogens with one attached hydrogen (secondary N) is 2. The molecule has 8 atom stereocenters. The molecule has 3 heterocycles. The van der Waals surface area contributed by atoms with E-state index in [2.05, 4.69) is 65.9 Å². The number of thiazole rings is 1. The predicted molar refractivity (Wildman–Crippen MR) is 193 cm³/mol. The molecule has 48 heavy (non-hydrogen) atoms. The number of aliphatic hydroxyl groups excluding tert-OH is 1. The van der Waals surface area contributed by atoms with Crippen molar-refractivity contribution in [1.29, 1.82) is 0 Å². The quantitative estimate of drug-likeness (QED) is 0.105. The summed E-state index contributed by atoms with van der Waals surface area (Å²) >= 11 is 1.69. The standard InChI is InChI=1S/C36H50N4O6S2/c1-6-8-23(13-14-43-5)15-30(39-36(42)46-33-24-16-27-28(33)21-45-34(27)44-20-24)31(41)19-40(18-22(3)4)48(7-2)26-11-12-29-32(17-26)47-35(38-29)37-25-9-10-25/h6-8,11-14,17,22,24-25,27-28,30-31,33-34,41H,1,9-10,15-16,18-21H2,2-5H3,(H,37,38)(H,39,42)/b14-13-,23-8+/t24?,27?,28?,30?,31-,33+,34?,48?/m1/s1. The summed E-state index contributed by atoms with van der Waals surface area (Å²) in [6, 6.07) is 6.40. The number of allylic oxidation sites excluding steroid dienone is 3. The number of fused-ring (bicyclic) bond motifs is 2. The van der Waals surface area contributed by atoms with Crippen LogP contribution in [-0.2, 0) is 18.9 Å². The number of methoxy groups -OCH3 is 1. The first-order valence-electron chi connectivity index (χ1n) is 17.1. The Morgan fingerprint density at radius 1 is 1.25 bits per heavy atom. The maximum Gasteiger partial charge on any atom is 0.407 e. The van der Waals surface area contributed by atoms with Crippen molar-refractivity contribution in [2.24, 2.45) is 23.7 Å². The Morgan fingerprint density at radius 2 is 2.06 bits per heavy atom. The van der Waals surface area contributed by atoms with Crippen molar-refractivity contribution >= 4 is 48.8 Å². The van der Waals surface area contributed by atoms with Crippen LogP contribution in [0.1, 0.15) is 46.5 Å². The number of aromatic nitrogens is 1. The van der Waals surface area contributed by atoms with E-state index >= 15 is 0 Å². The fourth-order valence-corrected chi connectivity index (χ4v) is 10.2. The molecule has 2 saturated carbocycles. The van der Waals surface area contributed by atoms with Crippen LogP contribution in [0, 0.1) is 23.7 Å². The molecule has 1 amide bonds. The van der Waals surface area contributed by atoms with Crippen molar-refractivity contribution < 1.29 is 28.8 Å². The number of hydrogen-bond acceptors (Lipinski definition) is 10. The van der Waals surface area contributed by atoms with Crippen LogP contribution < -0.4 is 10.6 Å². The van der Waals surface area contributed by atoms with Gasteiger partial charge in [0.1, 0.15) is 6.10 Å².